The second-order valence-electron chi connectivity index (χ2n) is 5.84. The molecule has 3 nitrogen and oxygen atoms in total. The number of carbonyl (C=O) groups excluding carboxylic acids is 1. The molecular formula is C18H21NO2S. The Bertz CT molecular complexity index is 599. The number of thiophene rings is 1. The third kappa shape index (κ3) is 3.69. The molecule has 22 heavy (non-hydrogen) atoms. The fourth-order valence-electron chi connectivity index (χ4n) is 2.71. The zero-order valence-electron chi connectivity index (χ0n) is 12.8. The number of hydrogen-bond acceptors (Lipinski definition) is 3. The van der Waals surface area contributed by atoms with Gasteiger partial charge >= 0.3 is 0 Å². The summed E-state index contributed by atoms with van der Waals surface area (Å²) in [5.74, 6) is 1.64. The first-order valence-electron chi connectivity index (χ1n) is 7.74. The van der Waals surface area contributed by atoms with Crippen molar-refractivity contribution in [3.05, 3.63) is 52.2 Å². The summed E-state index contributed by atoms with van der Waals surface area (Å²) in [5, 5.41) is 1.95. The van der Waals surface area contributed by atoms with Gasteiger partial charge in [-0.05, 0) is 49.3 Å². The Hall–Kier alpha value is -1.81. The van der Waals surface area contributed by atoms with E-state index in [0.717, 1.165) is 43.2 Å². The number of hydrogen-bond donors (Lipinski definition) is 0. The lowest BCUT2D eigenvalue weighted by Gasteiger charge is -2.31. The molecule has 116 valence electrons. The van der Waals surface area contributed by atoms with Crippen LogP contribution in [0.5, 0.6) is 5.75 Å². The van der Waals surface area contributed by atoms with Crippen molar-refractivity contribution in [2.24, 2.45) is 5.92 Å². The highest BCUT2D eigenvalue weighted by Gasteiger charge is 2.24. The van der Waals surface area contributed by atoms with Gasteiger partial charge in [-0.1, -0.05) is 23.8 Å². The number of benzene rings is 1. The average molecular weight is 315 g/mol. The first-order chi connectivity index (χ1) is 10.7. The third-order valence-corrected chi connectivity index (χ3v) is 5.00. The van der Waals surface area contributed by atoms with Crippen LogP contribution in [0.4, 0.5) is 0 Å². The molecule has 1 fully saturated rings. The van der Waals surface area contributed by atoms with Crippen LogP contribution in [-0.4, -0.2) is 30.5 Å². The summed E-state index contributed by atoms with van der Waals surface area (Å²) in [5.41, 5.74) is 1.24. The molecule has 0 N–H and O–H groups in total. The number of likely N-dealkylation sites (tertiary alicyclic amines) is 1. The number of rotatable bonds is 4. The summed E-state index contributed by atoms with van der Waals surface area (Å²) in [4.78, 5) is 15.1. The Balaban J connectivity index is 1.45. The van der Waals surface area contributed by atoms with Gasteiger partial charge in [0.1, 0.15) is 5.75 Å². The minimum atomic E-state index is 0.174. The monoisotopic (exact) mass is 315 g/mol. The van der Waals surface area contributed by atoms with E-state index in [0.29, 0.717) is 5.92 Å². The molecule has 3 rings (SSSR count). The maximum absolute atomic E-state index is 12.3. The highest BCUT2D eigenvalue weighted by Crippen LogP contribution is 2.22. The van der Waals surface area contributed by atoms with Gasteiger partial charge in [-0.15, -0.1) is 11.3 Å². The number of carbonyl (C=O) groups is 1. The first kappa shape index (κ1) is 15.1. The predicted octanol–water partition coefficient (Wildman–Crippen LogP) is 3.99. The van der Waals surface area contributed by atoms with Crippen LogP contribution in [0.25, 0.3) is 0 Å². The fourth-order valence-corrected chi connectivity index (χ4v) is 3.40. The van der Waals surface area contributed by atoms with Crippen LogP contribution in [0.3, 0.4) is 0 Å². The summed E-state index contributed by atoms with van der Waals surface area (Å²) in [6.45, 7) is 4.48. The van der Waals surface area contributed by atoms with Gasteiger partial charge < -0.3 is 9.64 Å². The van der Waals surface area contributed by atoms with E-state index in [1.54, 1.807) is 0 Å². The van der Waals surface area contributed by atoms with E-state index in [2.05, 4.69) is 19.1 Å². The lowest BCUT2D eigenvalue weighted by atomic mass is 9.97. The maximum atomic E-state index is 12.3. The lowest BCUT2D eigenvalue weighted by Crippen LogP contribution is -2.39. The zero-order chi connectivity index (χ0) is 15.4. The van der Waals surface area contributed by atoms with E-state index in [9.17, 15) is 4.79 Å². The van der Waals surface area contributed by atoms with E-state index < -0.39 is 0 Å². The van der Waals surface area contributed by atoms with Gasteiger partial charge in [-0.25, -0.2) is 0 Å². The molecule has 1 saturated heterocycles. The van der Waals surface area contributed by atoms with Gasteiger partial charge in [0, 0.05) is 13.1 Å². The van der Waals surface area contributed by atoms with E-state index in [4.69, 9.17) is 4.74 Å². The summed E-state index contributed by atoms with van der Waals surface area (Å²) in [6.07, 6.45) is 2.03. The Morgan fingerprint density at radius 2 is 1.95 bits per heavy atom. The molecule has 4 heteroatoms. The van der Waals surface area contributed by atoms with E-state index in [-0.39, 0.29) is 5.91 Å². The van der Waals surface area contributed by atoms with Crippen LogP contribution in [-0.2, 0) is 0 Å². The van der Waals surface area contributed by atoms with Crippen molar-refractivity contribution in [2.75, 3.05) is 19.7 Å². The molecule has 0 saturated carbocycles. The van der Waals surface area contributed by atoms with Crippen LogP contribution in [0, 0.1) is 12.8 Å². The molecule has 0 atom stereocenters. The van der Waals surface area contributed by atoms with Crippen molar-refractivity contribution in [2.45, 2.75) is 19.8 Å². The summed E-state index contributed by atoms with van der Waals surface area (Å²) < 4.78 is 5.87. The molecule has 1 aliphatic rings. The second-order valence-corrected chi connectivity index (χ2v) is 6.78. The van der Waals surface area contributed by atoms with Crippen LogP contribution in [0.15, 0.2) is 41.8 Å². The van der Waals surface area contributed by atoms with Crippen molar-refractivity contribution in [1.82, 2.24) is 4.90 Å². The molecule has 1 aromatic heterocycles. The lowest BCUT2D eigenvalue weighted by molar-refractivity contribution is 0.0666. The Morgan fingerprint density at radius 1 is 1.23 bits per heavy atom. The molecule has 0 spiro atoms. The largest absolute Gasteiger partial charge is 0.493 e. The molecule has 0 aliphatic carbocycles. The van der Waals surface area contributed by atoms with Gasteiger partial charge in [-0.2, -0.15) is 0 Å². The van der Waals surface area contributed by atoms with Crippen LogP contribution in [0.2, 0.25) is 0 Å². The van der Waals surface area contributed by atoms with Gasteiger partial charge in [0.05, 0.1) is 11.5 Å². The van der Waals surface area contributed by atoms with Gasteiger partial charge in [0.2, 0.25) is 0 Å². The van der Waals surface area contributed by atoms with Crippen molar-refractivity contribution in [3.8, 4) is 5.75 Å². The minimum Gasteiger partial charge on any atom is -0.493 e. The quantitative estimate of drug-likeness (QED) is 0.854. The fraction of sp³-hybridized carbons (Fsp3) is 0.389. The van der Waals surface area contributed by atoms with Crippen molar-refractivity contribution in [1.29, 1.82) is 0 Å². The topological polar surface area (TPSA) is 29.5 Å². The molecule has 2 heterocycles. The molecule has 0 radical (unpaired) electrons. The Labute approximate surface area is 135 Å². The first-order valence-corrected chi connectivity index (χ1v) is 8.62. The van der Waals surface area contributed by atoms with E-state index in [1.165, 1.54) is 16.9 Å². The average Bonchev–Trinajstić information content (AvgIpc) is 3.09. The predicted molar refractivity (Wildman–Crippen MR) is 89.6 cm³/mol. The van der Waals surface area contributed by atoms with Crippen LogP contribution >= 0.6 is 11.3 Å². The second kappa shape index (κ2) is 6.97. The van der Waals surface area contributed by atoms with Crippen molar-refractivity contribution < 1.29 is 9.53 Å². The number of ether oxygens (including phenoxy) is 1. The SMILES string of the molecule is Cc1ccc(OCC2CCN(C(=O)c3cccs3)CC2)cc1. The highest BCUT2D eigenvalue weighted by atomic mass is 32.1. The third-order valence-electron chi connectivity index (χ3n) is 4.14. The Morgan fingerprint density at radius 3 is 2.59 bits per heavy atom. The van der Waals surface area contributed by atoms with Gasteiger partial charge in [0.25, 0.3) is 5.91 Å². The number of nitrogens with zero attached hydrogens (tertiary/aromatic N) is 1. The maximum Gasteiger partial charge on any atom is 0.263 e. The Kier molecular flexibility index (Phi) is 4.78. The molecule has 0 unspecified atom stereocenters. The summed E-state index contributed by atoms with van der Waals surface area (Å²) in [6, 6.07) is 12.0. The molecule has 1 aromatic carbocycles. The standard InChI is InChI=1S/C18H21NO2S/c1-14-4-6-16(7-5-14)21-13-15-8-10-19(11-9-15)18(20)17-3-2-12-22-17/h2-7,12,15H,8-11,13H2,1H3. The van der Waals surface area contributed by atoms with Crippen LogP contribution in [0.1, 0.15) is 28.1 Å². The van der Waals surface area contributed by atoms with Gasteiger partial charge in [0.15, 0.2) is 0 Å². The molecular weight excluding hydrogens is 294 g/mol. The van der Waals surface area contributed by atoms with Crippen LogP contribution < -0.4 is 4.74 Å². The van der Waals surface area contributed by atoms with Crippen molar-refractivity contribution in [3.63, 3.8) is 0 Å². The minimum absolute atomic E-state index is 0.174. The van der Waals surface area contributed by atoms with E-state index in [1.807, 2.05) is 34.5 Å². The summed E-state index contributed by atoms with van der Waals surface area (Å²) >= 11 is 1.52. The van der Waals surface area contributed by atoms with Crippen molar-refractivity contribution >= 4 is 17.2 Å². The summed E-state index contributed by atoms with van der Waals surface area (Å²) in [7, 11) is 0. The number of amides is 1. The van der Waals surface area contributed by atoms with E-state index >= 15 is 0 Å². The highest BCUT2D eigenvalue weighted by molar-refractivity contribution is 7.12. The molecule has 2 aromatic rings. The van der Waals surface area contributed by atoms with Gasteiger partial charge in [-0.3, -0.25) is 4.79 Å². The normalized spacial score (nSPS) is 15.8. The molecule has 1 aliphatic heterocycles. The zero-order valence-corrected chi connectivity index (χ0v) is 13.6. The molecule has 0 bridgehead atoms. The number of piperidine rings is 1. The smallest absolute Gasteiger partial charge is 0.263 e. The number of aryl methyl sites for hydroxylation is 1. The molecule has 1 amide bonds.